The molecule has 0 saturated carbocycles. The van der Waals surface area contributed by atoms with E-state index in [1.807, 2.05) is 0 Å². The fraction of sp³-hybridized carbons (Fsp3) is 0.0625. The van der Waals surface area contributed by atoms with Crippen LogP contribution in [0, 0.1) is 11.6 Å². The van der Waals surface area contributed by atoms with Crippen LogP contribution in [0.25, 0.3) is 11.0 Å². The molecule has 5 nitrogen and oxygen atoms in total. The molecule has 0 radical (unpaired) electrons. The summed E-state index contributed by atoms with van der Waals surface area (Å²) < 4.78 is 32.2. The summed E-state index contributed by atoms with van der Waals surface area (Å²) in [5, 5.41) is 3.10. The number of halogens is 2. The second-order valence-corrected chi connectivity index (χ2v) is 4.65. The van der Waals surface area contributed by atoms with Crippen molar-refractivity contribution in [1.82, 2.24) is 9.97 Å². The first-order chi connectivity index (χ1) is 11.1. The van der Waals surface area contributed by atoms with Crippen LogP contribution in [0.1, 0.15) is 10.4 Å². The lowest BCUT2D eigenvalue weighted by molar-refractivity contribution is 0.101. The number of anilines is 1. The molecular weight excluding hydrogens is 304 g/mol. The third-order valence-electron chi connectivity index (χ3n) is 3.17. The number of rotatable bonds is 3. The van der Waals surface area contributed by atoms with Gasteiger partial charge in [-0.1, -0.05) is 6.07 Å². The molecule has 0 saturated heterocycles. The number of hydrogen-bond donors (Lipinski definition) is 1. The molecule has 0 aliphatic heterocycles. The number of fused-ring (bicyclic) bond motifs is 1. The lowest BCUT2D eigenvalue weighted by Gasteiger charge is -2.07. The topological polar surface area (TPSA) is 64.1 Å². The molecule has 3 aromatic rings. The summed E-state index contributed by atoms with van der Waals surface area (Å²) in [4.78, 5) is 20.3. The van der Waals surface area contributed by atoms with Crippen LogP contribution >= 0.6 is 0 Å². The predicted octanol–water partition coefficient (Wildman–Crippen LogP) is 3.17. The van der Waals surface area contributed by atoms with E-state index >= 15 is 0 Å². The Morgan fingerprint density at radius 2 is 1.74 bits per heavy atom. The molecule has 3 rings (SSSR count). The number of nitrogens with one attached hydrogen (secondary N) is 1. The Kier molecular flexibility index (Phi) is 3.84. The first-order valence-electron chi connectivity index (χ1n) is 6.65. The average Bonchev–Trinajstić information content (AvgIpc) is 2.54. The molecule has 1 aromatic carbocycles. The molecule has 1 amide bonds. The van der Waals surface area contributed by atoms with Crippen LogP contribution in [0.2, 0.25) is 0 Å². The van der Waals surface area contributed by atoms with Gasteiger partial charge in [-0.2, -0.15) is 4.98 Å². The van der Waals surface area contributed by atoms with Gasteiger partial charge in [-0.15, -0.1) is 0 Å². The van der Waals surface area contributed by atoms with E-state index in [4.69, 9.17) is 4.74 Å². The zero-order chi connectivity index (χ0) is 16.4. The van der Waals surface area contributed by atoms with Crippen molar-refractivity contribution in [3.63, 3.8) is 0 Å². The number of nitrogens with zero attached hydrogens (tertiary/aromatic N) is 2. The smallest absolute Gasteiger partial charge is 0.262 e. The monoisotopic (exact) mass is 315 g/mol. The molecule has 2 aromatic heterocycles. The highest BCUT2D eigenvalue weighted by atomic mass is 19.1. The van der Waals surface area contributed by atoms with E-state index in [1.54, 1.807) is 18.2 Å². The number of benzene rings is 1. The Bertz CT molecular complexity index is 879. The molecule has 0 spiro atoms. The molecule has 0 bridgehead atoms. The first kappa shape index (κ1) is 14.8. The number of carbonyl (C=O) groups excluding carboxylic acids is 1. The number of aromatic nitrogens is 2. The number of ether oxygens (including phenoxy) is 1. The second kappa shape index (κ2) is 5.96. The van der Waals surface area contributed by atoms with Crippen LogP contribution in [0.15, 0.2) is 42.5 Å². The molecule has 0 unspecified atom stereocenters. The Balaban J connectivity index is 1.93. The maximum Gasteiger partial charge on any atom is 0.262 e. The lowest BCUT2D eigenvalue weighted by Crippen LogP contribution is -2.16. The van der Waals surface area contributed by atoms with Crippen molar-refractivity contribution in [2.45, 2.75) is 0 Å². The summed E-state index contributed by atoms with van der Waals surface area (Å²) in [6.45, 7) is 0. The minimum atomic E-state index is -0.942. The van der Waals surface area contributed by atoms with Gasteiger partial charge in [0.2, 0.25) is 5.88 Å². The van der Waals surface area contributed by atoms with Crippen LogP contribution in [0.4, 0.5) is 14.6 Å². The quantitative estimate of drug-likeness (QED) is 0.806. The zero-order valence-electron chi connectivity index (χ0n) is 12.0. The molecule has 0 fully saturated rings. The van der Waals surface area contributed by atoms with E-state index in [2.05, 4.69) is 15.3 Å². The summed E-state index contributed by atoms with van der Waals surface area (Å²) in [5.41, 5.74) is -0.316. The molecule has 0 atom stereocenters. The van der Waals surface area contributed by atoms with Crippen molar-refractivity contribution in [2.75, 3.05) is 12.4 Å². The van der Waals surface area contributed by atoms with Gasteiger partial charge in [-0.05, 0) is 30.3 Å². The molecule has 1 N–H and O–H groups in total. The summed E-state index contributed by atoms with van der Waals surface area (Å²) in [6.07, 6.45) is 0. The minimum Gasteiger partial charge on any atom is -0.481 e. The van der Waals surface area contributed by atoms with E-state index in [0.717, 1.165) is 17.5 Å². The van der Waals surface area contributed by atoms with Crippen molar-refractivity contribution < 1.29 is 18.3 Å². The predicted molar refractivity (Wildman–Crippen MR) is 80.4 cm³/mol. The minimum absolute atomic E-state index is 0.130. The van der Waals surface area contributed by atoms with E-state index < -0.39 is 23.1 Å². The van der Waals surface area contributed by atoms with Gasteiger partial charge in [0, 0.05) is 11.5 Å². The maximum atomic E-state index is 13.6. The van der Waals surface area contributed by atoms with Gasteiger partial charge < -0.3 is 10.1 Å². The third-order valence-corrected chi connectivity index (χ3v) is 3.17. The average molecular weight is 315 g/mol. The molecule has 7 heteroatoms. The van der Waals surface area contributed by atoms with Gasteiger partial charge in [0.25, 0.3) is 5.91 Å². The van der Waals surface area contributed by atoms with Crippen LogP contribution in [-0.4, -0.2) is 23.0 Å². The van der Waals surface area contributed by atoms with Crippen molar-refractivity contribution >= 4 is 22.8 Å². The van der Waals surface area contributed by atoms with Gasteiger partial charge in [-0.3, -0.25) is 4.79 Å². The second-order valence-electron chi connectivity index (χ2n) is 4.65. The summed E-state index contributed by atoms with van der Waals surface area (Å²) in [7, 11) is 1.47. The van der Waals surface area contributed by atoms with E-state index in [0.29, 0.717) is 11.5 Å². The molecule has 0 aliphatic carbocycles. The highest BCUT2D eigenvalue weighted by Gasteiger charge is 2.17. The van der Waals surface area contributed by atoms with Crippen molar-refractivity contribution in [3.05, 3.63) is 59.7 Å². The van der Waals surface area contributed by atoms with Gasteiger partial charge in [0.15, 0.2) is 5.65 Å². The van der Waals surface area contributed by atoms with Crippen LogP contribution in [0.5, 0.6) is 5.88 Å². The molecule has 0 aliphatic rings. The Morgan fingerprint density at radius 1 is 1.04 bits per heavy atom. The van der Waals surface area contributed by atoms with Gasteiger partial charge in [0.05, 0.1) is 7.11 Å². The lowest BCUT2D eigenvalue weighted by atomic mass is 10.2. The SMILES string of the molecule is COc1ccc2ccc(NC(=O)c3c(F)cccc3F)nc2n1. The van der Waals surface area contributed by atoms with Crippen LogP contribution in [-0.2, 0) is 0 Å². The summed E-state index contributed by atoms with van der Waals surface area (Å²) in [5.74, 6) is -2.30. The Hall–Kier alpha value is -3.09. The zero-order valence-corrected chi connectivity index (χ0v) is 12.0. The largest absolute Gasteiger partial charge is 0.481 e. The highest BCUT2D eigenvalue weighted by Crippen LogP contribution is 2.18. The van der Waals surface area contributed by atoms with Crippen LogP contribution in [0.3, 0.4) is 0 Å². The number of methoxy groups -OCH3 is 1. The van der Waals surface area contributed by atoms with Gasteiger partial charge >= 0.3 is 0 Å². The molecular formula is C16H11F2N3O2. The number of carbonyl (C=O) groups is 1. The van der Waals surface area contributed by atoms with Crippen molar-refractivity contribution in [3.8, 4) is 5.88 Å². The summed E-state index contributed by atoms with van der Waals surface area (Å²) in [6, 6.07) is 9.85. The Labute approximate surface area is 129 Å². The highest BCUT2D eigenvalue weighted by molar-refractivity contribution is 6.04. The van der Waals surface area contributed by atoms with Crippen molar-refractivity contribution in [1.29, 1.82) is 0 Å². The van der Waals surface area contributed by atoms with Crippen molar-refractivity contribution in [2.24, 2.45) is 0 Å². The van der Waals surface area contributed by atoms with Crippen LogP contribution < -0.4 is 10.1 Å². The third kappa shape index (κ3) is 2.94. The number of amides is 1. The fourth-order valence-electron chi connectivity index (χ4n) is 2.06. The Morgan fingerprint density at radius 3 is 2.43 bits per heavy atom. The van der Waals surface area contributed by atoms with E-state index in [1.165, 1.54) is 19.2 Å². The standard InChI is InChI=1S/C16H11F2N3O2/c1-23-13-8-6-9-5-7-12(19-15(9)21-13)20-16(22)14-10(17)3-2-4-11(14)18/h2-8H,1H3,(H,19,20,21,22). The normalized spacial score (nSPS) is 10.6. The van der Waals surface area contributed by atoms with Gasteiger partial charge in [0.1, 0.15) is 23.0 Å². The van der Waals surface area contributed by atoms with E-state index in [9.17, 15) is 13.6 Å². The number of pyridine rings is 2. The van der Waals surface area contributed by atoms with Gasteiger partial charge in [-0.25, -0.2) is 13.8 Å². The first-order valence-corrected chi connectivity index (χ1v) is 6.65. The number of hydrogen-bond acceptors (Lipinski definition) is 4. The maximum absolute atomic E-state index is 13.6. The molecule has 2 heterocycles. The van der Waals surface area contributed by atoms with E-state index in [-0.39, 0.29) is 5.82 Å². The fourth-order valence-corrected chi connectivity index (χ4v) is 2.06. The molecule has 23 heavy (non-hydrogen) atoms. The molecule has 116 valence electrons. The summed E-state index contributed by atoms with van der Waals surface area (Å²) >= 11 is 0.